The summed E-state index contributed by atoms with van der Waals surface area (Å²) in [6, 6.07) is 6.19. The molecule has 10 nitrogen and oxygen atoms in total. The molecule has 1 aromatic rings. The quantitative estimate of drug-likeness (QED) is 0.264. The SMILES string of the molecule is CCC[C@@H]1O[C@@H]2C[C@H]3[C@@H]4CCC5=CC(=O)C=C[C@]5(C)[C@H]4[C@@H](O)C[C@]3(C)[C@]2(C(=O)COc2ccc(NC(=O)[C@H](C)CC(=O)[C@@H](N)C(C)C)cc2)O1. The predicted molar refractivity (Wildman–Crippen MR) is 188 cm³/mol. The summed E-state index contributed by atoms with van der Waals surface area (Å²) in [6.45, 7) is 11.5. The molecule has 50 heavy (non-hydrogen) atoms. The number of fused-ring (bicyclic) bond motifs is 7. The number of anilines is 1. The van der Waals surface area contributed by atoms with Crippen molar-refractivity contribution >= 4 is 28.9 Å². The second-order valence-electron chi connectivity index (χ2n) is 16.2. The van der Waals surface area contributed by atoms with Crippen LogP contribution in [0, 0.1) is 40.4 Å². The summed E-state index contributed by atoms with van der Waals surface area (Å²) < 4.78 is 19.3. The molecule has 1 aliphatic heterocycles. The lowest BCUT2D eigenvalue weighted by molar-refractivity contribution is -0.200. The van der Waals surface area contributed by atoms with Gasteiger partial charge in [-0.2, -0.15) is 0 Å². The summed E-state index contributed by atoms with van der Waals surface area (Å²) in [6.07, 6.45) is 7.95. The number of allylic oxidation sites excluding steroid dienone is 4. The molecule has 0 unspecified atom stereocenters. The number of amides is 1. The first-order valence-corrected chi connectivity index (χ1v) is 18.5. The Hall–Kier alpha value is -3.18. The average molecular weight is 691 g/mol. The van der Waals surface area contributed by atoms with Crippen LogP contribution in [0.1, 0.15) is 86.5 Å². The molecule has 0 aromatic heterocycles. The van der Waals surface area contributed by atoms with Crippen LogP contribution < -0.4 is 15.8 Å². The van der Waals surface area contributed by atoms with Crippen LogP contribution in [0.4, 0.5) is 5.69 Å². The smallest absolute Gasteiger partial charge is 0.227 e. The minimum atomic E-state index is -1.27. The lowest BCUT2D eigenvalue weighted by atomic mass is 9.46. The maximum absolute atomic E-state index is 14.5. The summed E-state index contributed by atoms with van der Waals surface area (Å²) in [7, 11) is 0. The molecular weight excluding hydrogens is 636 g/mol. The number of hydrogen-bond acceptors (Lipinski definition) is 9. The number of ketones is 3. The number of rotatable bonds is 12. The van der Waals surface area contributed by atoms with Crippen molar-refractivity contribution in [1.82, 2.24) is 0 Å². The standard InChI is InChI=1S/C40H54N2O8/c1-7-8-34-49-33-19-29-28-14-9-24-18-26(43)15-16-38(24,5)35(28)31(45)20-39(29,6)40(33,50-34)32(46)21-48-27-12-10-25(11-13-27)42-37(47)23(4)17-30(44)36(41)22(2)3/h10-13,15-16,18,22-23,28-29,31,33-36,45H,7-9,14,17,19-21,41H2,1-6H3,(H,42,47)/t23-,28+,29+,31+,33-,34-,35-,36+,38+,39+,40-/m1/s1. The molecule has 0 spiro atoms. The fourth-order valence-electron chi connectivity index (χ4n) is 10.1. The van der Waals surface area contributed by atoms with Crippen LogP contribution in [0.2, 0.25) is 0 Å². The van der Waals surface area contributed by atoms with Crippen LogP contribution in [-0.4, -0.2) is 65.1 Å². The van der Waals surface area contributed by atoms with Gasteiger partial charge in [-0.05, 0) is 86.3 Å². The van der Waals surface area contributed by atoms with Gasteiger partial charge in [-0.1, -0.05) is 59.6 Å². The van der Waals surface area contributed by atoms with E-state index in [1.54, 1.807) is 43.3 Å². The minimum Gasteiger partial charge on any atom is -0.486 e. The second-order valence-corrected chi connectivity index (χ2v) is 16.2. The van der Waals surface area contributed by atoms with Gasteiger partial charge in [-0.15, -0.1) is 0 Å². The molecule has 1 heterocycles. The third kappa shape index (κ3) is 6.10. The number of aliphatic hydroxyl groups is 1. The molecule has 0 radical (unpaired) electrons. The molecule has 10 heteroatoms. The molecule has 11 atom stereocenters. The van der Waals surface area contributed by atoms with Crippen LogP contribution in [0.25, 0.3) is 0 Å². The van der Waals surface area contributed by atoms with Crippen LogP contribution in [0.5, 0.6) is 5.75 Å². The molecule has 1 saturated heterocycles. The third-order valence-corrected chi connectivity index (χ3v) is 12.8. The van der Waals surface area contributed by atoms with Gasteiger partial charge >= 0.3 is 0 Å². The van der Waals surface area contributed by atoms with E-state index in [2.05, 4.69) is 26.1 Å². The number of nitrogens with one attached hydrogen (secondary N) is 1. The van der Waals surface area contributed by atoms with E-state index >= 15 is 0 Å². The van der Waals surface area contributed by atoms with Gasteiger partial charge in [0.25, 0.3) is 0 Å². The first-order valence-electron chi connectivity index (χ1n) is 18.5. The molecule has 1 aromatic carbocycles. The molecule has 4 aliphatic carbocycles. The fourth-order valence-corrected chi connectivity index (χ4v) is 10.1. The van der Waals surface area contributed by atoms with Crippen LogP contribution in [-0.2, 0) is 28.7 Å². The first-order chi connectivity index (χ1) is 23.6. The number of carbonyl (C=O) groups excluding carboxylic acids is 4. The van der Waals surface area contributed by atoms with Gasteiger partial charge in [0.1, 0.15) is 12.4 Å². The molecule has 4 fully saturated rings. The highest BCUT2D eigenvalue weighted by molar-refractivity contribution is 6.01. The minimum absolute atomic E-state index is 0.000383. The second kappa shape index (κ2) is 13.7. The lowest BCUT2D eigenvalue weighted by Crippen LogP contribution is -2.63. The van der Waals surface area contributed by atoms with E-state index in [1.807, 2.05) is 19.9 Å². The summed E-state index contributed by atoms with van der Waals surface area (Å²) in [5.41, 5.74) is 5.23. The molecule has 5 aliphatic rings. The van der Waals surface area contributed by atoms with Gasteiger partial charge in [0.15, 0.2) is 23.5 Å². The van der Waals surface area contributed by atoms with Crippen LogP contribution >= 0.6 is 0 Å². The van der Waals surface area contributed by atoms with Crippen molar-refractivity contribution in [2.45, 2.75) is 117 Å². The molecule has 3 saturated carbocycles. The molecule has 6 rings (SSSR count). The van der Waals surface area contributed by atoms with Crippen LogP contribution in [0.3, 0.4) is 0 Å². The normalized spacial score (nSPS) is 36.8. The van der Waals surface area contributed by atoms with Crippen molar-refractivity contribution < 1.29 is 38.5 Å². The summed E-state index contributed by atoms with van der Waals surface area (Å²) in [5.74, 6) is -0.553. The first kappa shape index (κ1) is 36.6. The number of ether oxygens (including phenoxy) is 3. The van der Waals surface area contributed by atoms with Gasteiger partial charge in [0.05, 0.1) is 18.2 Å². The van der Waals surface area contributed by atoms with Crippen molar-refractivity contribution in [2.75, 3.05) is 11.9 Å². The topological polar surface area (TPSA) is 154 Å². The third-order valence-electron chi connectivity index (χ3n) is 12.8. The van der Waals surface area contributed by atoms with Gasteiger partial charge in [-0.3, -0.25) is 19.2 Å². The van der Waals surface area contributed by atoms with E-state index in [-0.39, 0.29) is 60.0 Å². The Labute approximate surface area is 295 Å². The number of Topliss-reactive ketones (excluding diaryl/α,β-unsaturated/α-hetero) is 2. The van der Waals surface area contributed by atoms with Gasteiger partial charge < -0.3 is 30.4 Å². The van der Waals surface area contributed by atoms with Crippen molar-refractivity contribution in [1.29, 1.82) is 0 Å². The Morgan fingerprint density at radius 2 is 1.86 bits per heavy atom. The number of carbonyl (C=O) groups is 4. The summed E-state index contributed by atoms with van der Waals surface area (Å²) in [5, 5.41) is 14.8. The highest BCUT2D eigenvalue weighted by Gasteiger charge is 2.75. The zero-order chi connectivity index (χ0) is 36.2. The number of hydrogen-bond donors (Lipinski definition) is 3. The summed E-state index contributed by atoms with van der Waals surface area (Å²) >= 11 is 0. The van der Waals surface area contributed by atoms with Crippen molar-refractivity contribution in [3.05, 3.63) is 48.1 Å². The molecular formula is C40H54N2O8. The van der Waals surface area contributed by atoms with Gasteiger partial charge in [-0.25, -0.2) is 0 Å². The van der Waals surface area contributed by atoms with Crippen molar-refractivity contribution in [3.8, 4) is 5.75 Å². The molecule has 272 valence electrons. The summed E-state index contributed by atoms with van der Waals surface area (Å²) in [4.78, 5) is 51.9. The Morgan fingerprint density at radius 3 is 2.54 bits per heavy atom. The number of benzene rings is 1. The fraction of sp³-hybridized carbons (Fsp3) is 0.650. The lowest BCUT2D eigenvalue weighted by Gasteiger charge is -2.59. The molecule has 1 amide bonds. The van der Waals surface area contributed by atoms with E-state index in [0.717, 1.165) is 24.8 Å². The van der Waals surface area contributed by atoms with E-state index in [9.17, 15) is 24.3 Å². The average Bonchev–Trinajstić information content (AvgIpc) is 3.55. The Bertz CT molecular complexity index is 1570. The van der Waals surface area contributed by atoms with Crippen LogP contribution in [0.15, 0.2) is 48.1 Å². The maximum atomic E-state index is 14.5. The number of nitrogens with two attached hydrogens (primary N) is 1. The highest BCUT2D eigenvalue weighted by Crippen LogP contribution is 2.69. The van der Waals surface area contributed by atoms with Gasteiger partial charge in [0.2, 0.25) is 11.7 Å². The maximum Gasteiger partial charge on any atom is 0.227 e. The van der Waals surface area contributed by atoms with E-state index in [1.165, 1.54) is 0 Å². The largest absolute Gasteiger partial charge is 0.486 e. The van der Waals surface area contributed by atoms with Crippen molar-refractivity contribution in [3.63, 3.8) is 0 Å². The number of aliphatic hydroxyl groups excluding tert-OH is 1. The van der Waals surface area contributed by atoms with E-state index in [4.69, 9.17) is 19.9 Å². The Balaban J connectivity index is 1.16. The monoisotopic (exact) mass is 690 g/mol. The van der Waals surface area contributed by atoms with Crippen molar-refractivity contribution in [2.24, 2.45) is 46.2 Å². The van der Waals surface area contributed by atoms with Gasteiger partial charge in [0, 0.05) is 34.8 Å². The zero-order valence-electron chi connectivity index (χ0n) is 30.3. The predicted octanol–water partition coefficient (Wildman–Crippen LogP) is 5.32. The molecule has 4 N–H and O–H groups in total. The zero-order valence-corrected chi connectivity index (χ0v) is 30.3. The van der Waals surface area contributed by atoms with E-state index in [0.29, 0.717) is 30.7 Å². The van der Waals surface area contributed by atoms with E-state index < -0.39 is 46.9 Å². The highest BCUT2D eigenvalue weighted by atomic mass is 16.7. The molecule has 0 bridgehead atoms. The Kier molecular flexibility index (Phi) is 10.1. The Morgan fingerprint density at radius 1 is 1.14 bits per heavy atom.